The highest BCUT2D eigenvalue weighted by molar-refractivity contribution is 6.00. The fourth-order valence-electron chi connectivity index (χ4n) is 3.79. The van der Waals surface area contributed by atoms with E-state index in [0.717, 1.165) is 0 Å². The van der Waals surface area contributed by atoms with Crippen LogP contribution in [0.3, 0.4) is 0 Å². The van der Waals surface area contributed by atoms with Crippen LogP contribution in [0.15, 0.2) is 11.3 Å². The molecule has 0 aliphatic carbocycles. The molecule has 0 unspecified atom stereocenters. The first-order valence-corrected chi connectivity index (χ1v) is 6.86. The third kappa shape index (κ3) is 1.75. The van der Waals surface area contributed by atoms with E-state index in [1.165, 1.54) is 16.7 Å². The molecule has 114 valence electrons. The van der Waals surface area contributed by atoms with Crippen molar-refractivity contribution in [2.24, 2.45) is 17.6 Å². The van der Waals surface area contributed by atoms with Crippen LogP contribution in [0.2, 0.25) is 0 Å². The zero-order chi connectivity index (χ0) is 15.5. The molecule has 21 heavy (non-hydrogen) atoms. The minimum atomic E-state index is -1.18. The number of carbonyl (C=O) groups is 3. The molecule has 0 spiro atoms. The third-order valence-corrected chi connectivity index (χ3v) is 4.70. The normalized spacial score (nSPS) is 32.5. The van der Waals surface area contributed by atoms with Crippen molar-refractivity contribution in [1.82, 2.24) is 9.80 Å². The first kappa shape index (κ1) is 13.9. The van der Waals surface area contributed by atoms with Crippen molar-refractivity contribution in [2.45, 2.75) is 25.5 Å². The van der Waals surface area contributed by atoms with Crippen molar-refractivity contribution in [3.8, 4) is 0 Å². The van der Waals surface area contributed by atoms with Crippen molar-refractivity contribution in [3.05, 3.63) is 11.3 Å². The van der Waals surface area contributed by atoms with Crippen LogP contribution in [-0.2, 0) is 9.59 Å². The van der Waals surface area contributed by atoms with Gasteiger partial charge in [-0.25, -0.2) is 9.59 Å². The fraction of sp³-hybridized carbons (Fsp3) is 0.615. The van der Waals surface area contributed by atoms with Crippen molar-refractivity contribution in [1.29, 1.82) is 0 Å². The molecule has 0 aromatic heterocycles. The summed E-state index contributed by atoms with van der Waals surface area (Å²) < 4.78 is 0. The lowest BCUT2D eigenvalue weighted by molar-refractivity contribution is -0.163. The highest BCUT2D eigenvalue weighted by Crippen LogP contribution is 2.49. The van der Waals surface area contributed by atoms with E-state index in [1.54, 1.807) is 0 Å². The number of carboxylic acids is 1. The maximum atomic E-state index is 12.1. The lowest BCUT2D eigenvalue weighted by Gasteiger charge is -2.47. The number of hydrogen-bond donors (Lipinski definition) is 3. The van der Waals surface area contributed by atoms with Crippen molar-refractivity contribution < 1.29 is 24.6 Å². The van der Waals surface area contributed by atoms with Gasteiger partial charge in [0.15, 0.2) is 0 Å². The van der Waals surface area contributed by atoms with Gasteiger partial charge in [-0.15, -0.1) is 0 Å². The summed E-state index contributed by atoms with van der Waals surface area (Å²) in [5.41, 5.74) is 5.78. The van der Waals surface area contributed by atoms with E-state index in [2.05, 4.69) is 0 Å². The lowest BCUT2D eigenvalue weighted by atomic mass is 9.74. The summed E-state index contributed by atoms with van der Waals surface area (Å²) >= 11 is 0. The molecule has 0 saturated carbocycles. The molecule has 2 fully saturated rings. The molecule has 3 rings (SSSR count). The molecule has 3 heterocycles. The highest BCUT2D eigenvalue weighted by atomic mass is 16.4. The molecule has 4 atom stereocenters. The molecule has 2 saturated heterocycles. The number of β-lactam (4-membered cyclic amide) rings is 1. The van der Waals surface area contributed by atoms with Gasteiger partial charge < -0.3 is 25.7 Å². The molecule has 8 nitrogen and oxygen atoms in total. The minimum absolute atomic E-state index is 0.0437. The van der Waals surface area contributed by atoms with E-state index in [1.807, 2.05) is 0 Å². The molecule has 3 amide bonds. The second-order valence-electron chi connectivity index (χ2n) is 5.80. The number of carbonyl (C=O) groups excluding carboxylic acids is 2. The average molecular weight is 295 g/mol. The number of fused-ring (bicyclic) bond motifs is 3. The lowest BCUT2D eigenvalue weighted by Crippen LogP contribution is -2.64. The Bertz CT molecular complexity index is 570. The molecular weight excluding hydrogens is 278 g/mol. The van der Waals surface area contributed by atoms with Crippen LogP contribution >= 0.6 is 0 Å². The Labute approximate surface area is 120 Å². The zero-order valence-corrected chi connectivity index (χ0v) is 11.5. The van der Waals surface area contributed by atoms with Gasteiger partial charge in [-0.2, -0.15) is 0 Å². The predicted octanol–water partition coefficient (Wildman–Crippen LogP) is -1.05. The first-order chi connectivity index (χ1) is 9.84. The Kier molecular flexibility index (Phi) is 2.94. The SMILES string of the molecule is C[C@@H](O)[C@H]1C(=O)N2C(C(=O)O)=C3CN(C(N)=O)CC[C@@H]3[C@H]12. The maximum Gasteiger partial charge on any atom is 0.352 e. The molecule has 4 N–H and O–H groups in total. The van der Waals surface area contributed by atoms with E-state index >= 15 is 0 Å². The Morgan fingerprint density at radius 2 is 2.10 bits per heavy atom. The number of carboxylic acid groups (broad SMARTS) is 1. The number of rotatable bonds is 2. The molecule has 0 aromatic rings. The number of aliphatic carboxylic acids is 1. The quantitative estimate of drug-likeness (QED) is 0.561. The Balaban J connectivity index is 1.98. The van der Waals surface area contributed by atoms with Crippen molar-refractivity contribution in [2.75, 3.05) is 13.1 Å². The smallest absolute Gasteiger partial charge is 0.352 e. The summed E-state index contributed by atoms with van der Waals surface area (Å²) in [6, 6.07) is -0.910. The third-order valence-electron chi connectivity index (χ3n) is 4.70. The number of urea groups is 1. The van der Waals surface area contributed by atoms with E-state index in [4.69, 9.17) is 5.73 Å². The number of nitrogens with zero attached hydrogens (tertiary/aromatic N) is 2. The van der Waals surface area contributed by atoms with E-state index in [0.29, 0.717) is 18.5 Å². The van der Waals surface area contributed by atoms with Gasteiger partial charge in [-0.3, -0.25) is 4.79 Å². The molecular formula is C13H17N3O5. The summed E-state index contributed by atoms with van der Waals surface area (Å²) in [5.74, 6) is -2.23. The van der Waals surface area contributed by atoms with Gasteiger partial charge in [0, 0.05) is 19.0 Å². The fourth-order valence-corrected chi connectivity index (χ4v) is 3.79. The summed E-state index contributed by atoms with van der Waals surface area (Å²) in [6.45, 7) is 2.10. The largest absolute Gasteiger partial charge is 0.477 e. The molecule has 0 radical (unpaired) electrons. The molecule has 3 aliphatic heterocycles. The number of nitrogens with two attached hydrogens (primary N) is 1. The number of piperidine rings is 1. The molecule has 8 heteroatoms. The Hall–Kier alpha value is -2.09. The predicted molar refractivity (Wildman–Crippen MR) is 69.7 cm³/mol. The number of aliphatic hydroxyl groups is 1. The van der Waals surface area contributed by atoms with Gasteiger partial charge in [0.05, 0.1) is 18.1 Å². The van der Waals surface area contributed by atoms with Gasteiger partial charge in [-0.1, -0.05) is 0 Å². The summed E-state index contributed by atoms with van der Waals surface area (Å²) in [4.78, 5) is 37.6. The maximum absolute atomic E-state index is 12.1. The minimum Gasteiger partial charge on any atom is -0.477 e. The van der Waals surface area contributed by atoms with Gasteiger partial charge in [-0.05, 0) is 18.9 Å². The number of hydrogen-bond acceptors (Lipinski definition) is 4. The van der Waals surface area contributed by atoms with Gasteiger partial charge in [0.1, 0.15) is 5.70 Å². The van der Waals surface area contributed by atoms with Crippen LogP contribution in [-0.4, -0.2) is 63.2 Å². The molecule has 3 aliphatic rings. The monoisotopic (exact) mass is 295 g/mol. The Morgan fingerprint density at radius 1 is 1.43 bits per heavy atom. The number of primary amides is 1. The topological polar surface area (TPSA) is 124 Å². The van der Waals surface area contributed by atoms with Crippen LogP contribution in [0.5, 0.6) is 0 Å². The van der Waals surface area contributed by atoms with Crippen LogP contribution in [0.1, 0.15) is 13.3 Å². The molecule has 0 bridgehead atoms. The van der Waals surface area contributed by atoms with Crippen LogP contribution in [0.25, 0.3) is 0 Å². The van der Waals surface area contributed by atoms with Crippen LogP contribution in [0, 0.1) is 11.8 Å². The van der Waals surface area contributed by atoms with Crippen molar-refractivity contribution in [3.63, 3.8) is 0 Å². The van der Waals surface area contributed by atoms with Crippen LogP contribution < -0.4 is 5.73 Å². The standard InChI is InChI=1S/C13H17N3O5/c1-5(17)8-9-6-2-3-15(13(14)21)4-7(6)10(12(19)20)16(9)11(8)18/h5-6,8-9,17H,2-4H2,1H3,(H2,14,21)(H,19,20)/t5-,6+,8-,9-/m1/s1. The van der Waals surface area contributed by atoms with Gasteiger partial charge in [0.25, 0.3) is 0 Å². The second kappa shape index (κ2) is 4.45. The van der Waals surface area contributed by atoms with E-state index in [-0.39, 0.29) is 30.1 Å². The molecule has 0 aromatic carbocycles. The summed E-state index contributed by atoms with van der Waals surface area (Å²) in [7, 11) is 0. The van der Waals surface area contributed by atoms with E-state index < -0.39 is 24.0 Å². The van der Waals surface area contributed by atoms with Crippen LogP contribution in [0.4, 0.5) is 4.79 Å². The van der Waals surface area contributed by atoms with Gasteiger partial charge in [0.2, 0.25) is 5.91 Å². The number of amides is 3. The zero-order valence-electron chi connectivity index (χ0n) is 11.5. The summed E-state index contributed by atoms with van der Waals surface area (Å²) in [6.07, 6.45) is -0.269. The Morgan fingerprint density at radius 3 is 2.62 bits per heavy atom. The second-order valence-corrected chi connectivity index (χ2v) is 5.80. The van der Waals surface area contributed by atoms with Crippen molar-refractivity contribution >= 4 is 17.9 Å². The van der Waals surface area contributed by atoms with Gasteiger partial charge >= 0.3 is 12.0 Å². The average Bonchev–Trinajstić information content (AvgIpc) is 2.68. The first-order valence-electron chi connectivity index (χ1n) is 6.86. The number of aliphatic hydroxyl groups excluding tert-OH is 1. The van der Waals surface area contributed by atoms with E-state index in [9.17, 15) is 24.6 Å². The highest BCUT2D eigenvalue weighted by Gasteiger charge is 2.61. The number of likely N-dealkylation sites (tertiary alicyclic amines) is 1. The summed E-state index contributed by atoms with van der Waals surface area (Å²) in [5, 5.41) is 19.1.